The topological polar surface area (TPSA) is 41.4 Å². The Morgan fingerprint density at radius 2 is 2.24 bits per heavy atom. The number of hydrogen-bond acceptors (Lipinski definition) is 3. The molecule has 4 nitrogen and oxygen atoms in total. The van der Waals surface area contributed by atoms with Crippen molar-refractivity contribution in [2.45, 2.75) is 18.8 Å². The lowest BCUT2D eigenvalue weighted by Gasteiger charge is -2.22. The van der Waals surface area contributed by atoms with Crippen LogP contribution in [0.15, 0.2) is 24.5 Å². The average molecular weight is 230 g/mol. The van der Waals surface area contributed by atoms with Crippen LogP contribution < -0.4 is 10.6 Å². The Morgan fingerprint density at radius 3 is 3.00 bits per heavy atom. The minimum Gasteiger partial charge on any atom is -0.371 e. The van der Waals surface area contributed by atoms with Gasteiger partial charge in [-0.3, -0.25) is 0 Å². The van der Waals surface area contributed by atoms with Crippen molar-refractivity contribution in [1.29, 1.82) is 0 Å². The van der Waals surface area contributed by atoms with Crippen LogP contribution in [0.4, 0.5) is 5.82 Å². The van der Waals surface area contributed by atoms with Crippen LogP contribution in [0.3, 0.4) is 0 Å². The first-order valence-electron chi connectivity index (χ1n) is 6.24. The molecule has 0 aromatic carbocycles. The van der Waals surface area contributed by atoms with E-state index in [9.17, 15) is 0 Å². The van der Waals surface area contributed by atoms with Crippen LogP contribution in [0, 0.1) is 0 Å². The number of nitrogens with one attached hydrogen (secondary N) is 2. The van der Waals surface area contributed by atoms with E-state index in [1.54, 1.807) is 0 Å². The van der Waals surface area contributed by atoms with Crippen LogP contribution in [0.1, 0.15) is 24.5 Å². The summed E-state index contributed by atoms with van der Waals surface area (Å²) in [5, 5.41) is 6.58. The van der Waals surface area contributed by atoms with Gasteiger partial charge in [-0.1, -0.05) is 0 Å². The molecule has 4 heteroatoms. The van der Waals surface area contributed by atoms with E-state index < -0.39 is 0 Å². The Balaban J connectivity index is 2.03. The molecule has 0 aliphatic carbocycles. The molecule has 0 bridgehead atoms. The summed E-state index contributed by atoms with van der Waals surface area (Å²) in [7, 11) is 1.93. The van der Waals surface area contributed by atoms with Gasteiger partial charge in [0.15, 0.2) is 0 Å². The zero-order valence-corrected chi connectivity index (χ0v) is 10.1. The SMILES string of the molecule is CNc1nc(C2CCNCC2)cn2cccc12. The van der Waals surface area contributed by atoms with Crippen LogP contribution in [0.25, 0.3) is 5.52 Å². The van der Waals surface area contributed by atoms with Crippen molar-refractivity contribution < 1.29 is 0 Å². The van der Waals surface area contributed by atoms with Crippen LogP contribution in [0.5, 0.6) is 0 Å². The van der Waals surface area contributed by atoms with Gasteiger partial charge in [-0.2, -0.15) is 0 Å². The van der Waals surface area contributed by atoms with Gasteiger partial charge in [0.05, 0.1) is 11.2 Å². The number of rotatable bonds is 2. The molecule has 1 fully saturated rings. The molecular weight excluding hydrogens is 212 g/mol. The van der Waals surface area contributed by atoms with Crippen molar-refractivity contribution in [2.24, 2.45) is 0 Å². The van der Waals surface area contributed by atoms with Crippen molar-refractivity contribution in [3.05, 3.63) is 30.2 Å². The van der Waals surface area contributed by atoms with Gasteiger partial charge in [-0.15, -0.1) is 0 Å². The monoisotopic (exact) mass is 230 g/mol. The number of fused-ring (bicyclic) bond motifs is 1. The Labute approximate surface area is 101 Å². The zero-order valence-electron chi connectivity index (χ0n) is 10.1. The lowest BCUT2D eigenvalue weighted by molar-refractivity contribution is 0.452. The fourth-order valence-electron chi connectivity index (χ4n) is 2.56. The minimum atomic E-state index is 0.593. The highest BCUT2D eigenvalue weighted by Crippen LogP contribution is 2.26. The second-order valence-corrected chi connectivity index (χ2v) is 4.59. The number of aromatic nitrogens is 2. The summed E-state index contributed by atoms with van der Waals surface area (Å²) in [6.45, 7) is 2.20. The molecule has 2 aromatic rings. The fraction of sp³-hybridized carbons (Fsp3) is 0.462. The second kappa shape index (κ2) is 4.37. The van der Waals surface area contributed by atoms with Gasteiger partial charge in [0, 0.05) is 25.4 Å². The molecule has 3 heterocycles. The van der Waals surface area contributed by atoms with E-state index in [1.807, 2.05) is 7.05 Å². The molecular formula is C13H18N4. The first-order chi connectivity index (χ1) is 8.38. The van der Waals surface area contributed by atoms with Crippen molar-refractivity contribution in [1.82, 2.24) is 14.7 Å². The normalized spacial score (nSPS) is 17.5. The third-order valence-electron chi connectivity index (χ3n) is 3.53. The molecule has 0 atom stereocenters. The number of nitrogens with zero attached hydrogens (tertiary/aromatic N) is 2. The zero-order chi connectivity index (χ0) is 11.7. The fourth-order valence-corrected chi connectivity index (χ4v) is 2.56. The lowest BCUT2D eigenvalue weighted by Crippen LogP contribution is -2.27. The summed E-state index contributed by atoms with van der Waals surface area (Å²) in [6, 6.07) is 4.15. The molecule has 90 valence electrons. The van der Waals surface area contributed by atoms with Crippen molar-refractivity contribution in [3.63, 3.8) is 0 Å². The van der Waals surface area contributed by atoms with Gasteiger partial charge in [-0.25, -0.2) is 4.98 Å². The van der Waals surface area contributed by atoms with E-state index in [4.69, 9.17) is 4.98 Å². The van der Waals surface area contributed by atoms with E-state index in [0.29, 0.717) is 5.92 Å². The van der Waals surface area contributed by atoms with E-state index >= 15 is 0 Å². The molecule has 1 aliphatic rings. The van der Waals surface area contributed by atoms with Crippen molar-refractivity contribution >= 4 is 11.3 Å². The van der Waals surface area contributed by atoms with Gasteiger partial charge in [0.2, 0.25) is 0 Å². The van der Waals surface area contributed by atoms with Gasteiger partial charge in [0.1, 0.15) is 5.82 Å². The Bertz CT molecular complexity index is 511. The maximum atomic E-state index is 4.76. The largest absolute Gasteiger partial charge is 0.371 e. The average Bonchev–Trinajstić information content (AvgIpc) is 2.86. The number of piperidine rings is 1. The Hall–Kier alpha value is -1.55. The molecule has 17 heavy (non-hydrogen) atoms. The molecule has 0 amide bonds. The van der Waals surface area contributed by atoms with E-state index in [-0.39, 0.29) is 0 Å². The molecule has 2 N–H and O–H groups in total. The van der Waals surface area contributed by atoms with Crippen molar-refractivity contribution in [3.8, 4) is 0 Å². The molecule has 3 rings (SSSR count). The maximum Gasteiger partial charge on any atom is 0.150 e. The molecule has 1 aliphatic heterocycles. The Kier molecular flexibility index (Phi) is 2.73. The highest BCUT2D eigenvalue weighted by molar-refractivity contribution is 5.68. The molecule has 0 unspecified atom stereocenters. The van der Waals surface area contributed by atoms with E-state index in [1.165, 1.54) is 18.5 Å². The highest BCUT2D eigenvalue weighted by atomic mass is 15.0. The van der Waals surface area contributed by atoms with Crippen molar-refractivity contribution in [2.75, 3.05) is 25.5 Å². The molecule has 0 saturated carbocycles. The highest BCUT2D eigenvalue weighted by Gasteiger charge is 2.18. The summed E-state index contributed by atoms with van der Waals surface area (Å²) in [5.74, 6) is 1.57. The summed E-state index contributed by atoms with van der Waals surface area (Å²) in [4.78, 5) is 4.76. The maximum absolute atomic E-state index is 4.76. The first kappa shape index (κ1) is 10.6. The van der Waals surface area contributed by atoms with Crippen LogP contribution >= 0.6 is 0 Å². The van der Waals surface area contributed by atoms with E-state index in [2.05, 4.69) is 39.6 Å². The quantitative estimate of drug-likeness (QED) is 0.827. The lowest BCUT2D eigenvalue weighted by atomic mass is 9.95. The van der Waals surface area contributed by atoms with E-state index in [0.717, 1.165) is 24.4 Å². The van der Waals surface area contributed by atoms with Gasteiger partial charge < -0.3 is 15.0 Å². The van der Waals surface area contributed by atoms with Gasteiger partial charge in [0.25, 0.3) is 0 Å². The molecule has 1 saturated heterocycles. The third-order valence-corrected chi connectivity index (χ3v) is 3.53. The summed E-state index contributed by atoms with van der Waals surface area (Å²) in [5.41, 5.74) is 2.35. The third kappa shape index (κ3) is 1.89. The predicted molar refractivity (Wildman–Crippen MR) is 69.6 cm³/mol. The van der Waals surface area contributed by atoms with Gasteiger partial charge in [-0.05, 0) is 38.1 Å². The minimum absolute atomic E-state index is 0.593. The second-order valence-electron chi connectivity index (χ2n) is 4.59. The number of anilines is 1. The van der Waals surface area contributed by atoms with Crippen LogP contribution in [-0.2, 0) is 0 Å². The molecule has 0 spiro atoms. The summed E-state index contributed by atoms with van der Waals surface area (Å²) >= 11 is 0. The first-order valence-corrected chi connectivity index (χ1v) is 6.24. The molecule has 2 aromatic heterocycles. The molecule has 0 radical (unpaired) electrons. The summed E-state index contributed by atoms with van der Waals surface area (Å²) < 4.78 is 2.16. The summed E-state index contributed by atoms with van der Waals surface area (Å²) in [6.07, 6.45) is 6.63. The predicted octanol–water partition coefficient (Wildman–Crippen LogP) is 1.84. The van der Waals surface area contributed by atoms with Gasteiger partial charge >= 0.3 is 0 Å². The Morgan fingerprint density at radius 1 is 1.41 bits per heavy atom. The smallest absolute Gasteiger partial charge is 0.150 e. The van der Waals surface area contributed by atoms with Crippen LogP contribution in [-0.4, -0.2) is 29.5 Å². The van der Waals surface area contributed by atoms with Crippen LogP contribution in [0.2, 0.25) is 0 Å². The number of hydrogen-bond donors (Lipinski definition) is 2. The standard InChI is InChI=1S/C13H18N4/c1-14-13-12-3-2-8-17(12)9-11(16-13)10-4-6-15-7-5-10/h2-3,8-10,15H,4-7H2,1H3,(H,14,16).